The number of piperidine rings is 1. The molecule has 23 heavy (non-hydrogen) atoms. The highest BCUT2D eigenvalue weighted by Gasteiger charge is 2.25. The maximum Gasteiger partial charge on any atom is 0.222 e. The number of nitrogens with two attached hydrogens (primary N) is 1. The lowest BCUT2D eigenvalue weighted by molar-refractivity contribution is -0.133. The summed E-state index contributed by atoms with van der Waals surface area (Å²) < 4.78 is 0. The van der Waals surface area contributed by atoms with Crippen LogP contribution in [0.25, 0.3) is 0 Å². The second kappa shape index (κ2) is 7.75. The van der Waals surface area contributed by atoms with Gasteiger partial charge in [-0.25, -0.2) is 4.98 Å². The van der Waals surface area contributed by atoms with E-state index in [9.17, 15) is 4.79 Å². The predicted octanol–water partition coefficient (Wildman–Crippen LogP) is 2.81. The van der Waals surface area contributed by atoms with E-state index in [-0.39, 0.29) is 0 Å². The second-order valence-electron chi connectivity index (χ2n) is 7.13. The summed E-state index contributed by atoms with van der Waals surface area (Å²) in [6, 6.07) is 0. The zero-order chi connectivity index (χ0) is 16.1. The number of nitrogen functional groups attached to an aromatic ring is 1. The fourth-order valence-electron chi connectivity index (χ4n) is 4.05. The van der Waals surface area contributed by atoms with Crippen molar-refractivity contribution in [3.63, 3.8) is 0 Å². The van der Waals surface area contributed by atoms with E-state index in [0.29, 0.717) is 17.6 Å². The molecule has 2 aliphatic rings. The van der Waals surface area contributed by atoms with Crippen molar-refractivity contribution < 1.29 is 4.79 Å². The summed E-state index contributed by atoms with van der Waals surface area (Å²) in [4.78, 5) is 23.0. The monoisotopic (exact) mass is 316 g/mol. The van der Waals surface area contributed by atoms with Gasteiger partial charge in [0.2, 0.25) is 5.91 Å². The van der Waals surface area contributed by atoms with E-state index in [1.165, 1.54) is 25.7 Å². The third-order valence-electron chi connectivity index (χ3n) is 5.40. The molecule has 3 rings (SSSR count). The third kappa shape index (κ3) is 4.43. The van der Waals surface area contributed by atoms with Crippen molar-refractivity contribution in [1.29, 1.82) is 0 Å². The minimum atomic E-state index is 0.341. The van der Waals surface area contributed by atoms with E-state index in [1.54, 1.807) is 12.4 Å². The fourth-order valence-corrected chi connectivity index (χ4v) is 4.05. The number of carbonyl (C=O) groups is 1. The van der Waals surface area contributed by atoms with Crippen molar-refractivity contribution in [2.24, 2.45) is 11.8 Å². The van der Waals surface area contributed by atoms with E-state index in [2.05, 4.69) is 14.9 Å². The van der Waals surface area contributed by atoms with Gasteiger partial charge in [0.1, 0.15) is 5.82 Å². The van der Waals surface area contributed by atoms with Crippen LogP contribution in [-0.2, 0) is 11.2 Å². The number of nitrogens with zero attached hydrogens (tertiary/aromatic N) is 3. The molecule has 5 nitrogen and oxygen atoms in total. The number of carbonyl (C=O) groups excluding carboxylic acids is 1. The summed E-state index contributed by atoms with van der Waals surface area (Å²) in [6.45, 7) is 1.76. The van der Waals surface area contributed by atoms with Crippen LogP contribution in [0.2, 0.25) is 0 Å². The molecule has 1 aromatic rings. The van der Waals surface area contributed by atoms with Crippen LogP contribution in [0.4, 0.5) is 5.82 Å². The fraction of sp³-hybridized carbons (Fsp3) is 0.722. The zero-order valence-corrected chi connectivity index (χ0v) is 13.9. The molecule has 1 saturated carbocycles. The van der Waals surface area contributed by atoms with Gasteiger partial charge in [0, 0.05) is 31.9 Å². The topological polar surface area (TPSA) is 72.1 Å². The first-order chi connectivity index (χ1) is 11.2. The molecular weight excluding hydrogens is 288 g/mol. The van der Waals surface area contributed by atoms with Crippen molar-refractivity contribution in [2.45, 2.75) is 57.8 Å². The number of rotatable bonds is 5. The minimum Gasteiger partial charge on any atom is -0.382 e. The molecule has 1 aliphatic heterocycles. The van der Waals surface area contributed by atoms with Gasteiger partial charge in [0.05, 0.1) is 5.69 Å². The lowest BCUT2D eigenvalue weighted by atomic mass is 9.92. The smallest absolute Gasteiger partial charge is 0.222 e. The second-order valence-corrected chi connectivity index (χ2v) is 7.13. The maximum atomic E-state index is 12.5. The Balaban J connectivity index is 1.49. The molecule has 126 valence electrons. The normalized spacial score (nSPS) is 22.4. The Morgan fingerprint density at radius 1 is 1.13 bits per heavy atom. The summed E-state index contributed by atoms with van der Waals surface area (Å²) in [5, 5.41) is 0. The van der Waals surface area contributed by atoms with Crippen LogP contribution < -0.4 is 5.73 Å². The van der Waals surface area contributed by atoms with E-state index in [1.807, 2.05) is 0 Å². The van der Waals surface area contributed by atoms with Crippen molar-refractivity contribution >= 4 is 11.7 Å². The highest BCUT2D eigenvalue weighted by atomic mass is 16.2. The highest BCUT2D eigenvalue weighted by molar-refractivity contribution is 5.76. The number of aromatic nitrogens is 2. The van der Waals surface area contributed by atoms with Crippen molar-refractivity contribution in [1.82, 2.24) is 14.9 Å². The molecular formula is C18H28N4O. The highest BCUT2D eigenvalue weighted by Crippen LogP contribution is 2.29. The average Bonchev–Trinajstić information content (AvgIpc) is 3.08. The molecule has 0 bridgehead atoms. The van der Waals surface area contributed by atoms with Crippen LogP contribution in [0.1, 0.15) is 57.1 Å². The first-order valence-corrected chi connectivity index (χ1v) is 9.05. The molecule has 1 aliphatic carbocycles. The Morgan fingerprint density at radius 2 is 1.87 bits per heavy atom. The number of anilines is 1. The number of hydrogen-bond acceptors (Lipinski definition) is 4. The molecule has 1 aromatic heterocycles. The molecule has 1 atom stereocenters. The third-order valence-corrected chi connectivity index (χ3v) is 5.40. The van der Waals surface area contributed by atoms with Crippen LogP contribution in [0.5, 0.6) is 0 Å². The molecule has 0 spiro atoms. The number of amides is 1. The first kappa shape index (κ1) is 16.2. The first-order valence-electron chi connectivity index (χ1n) is 9.05. The molecule has 0 aromatic carbocycles. The Labute approximate surface area is 138 Å². The summed E-state index contributed by atoms with van der Waals surface area (Å²) in [5.74, 6) is 2.11. The number of hydrogen-bond donors (Lipinski definition) is 1. The standard InChI is InChI=1S/C18H28N4O/c19-18-16(20-9-10-21-18)12-15-6-3-11-22(13-15)17(23)8-7-14-4-1-2-5-14/h9-10,14-15H,1-8,11-13H2,(H2,19,21)/t15-/m1/s1. The Morgan fingerprint density at radius 3 is 2.65 bits per heavy atom. The molecule has 1 amide bonds. The lowest BCUT2D eigenvalue weighted by Crippen LogP contribution is -2.40. The molecule has 1 saturated heterocycles. The summed E-state index contributed by atoms with van der Waals surface area (Å²) in [7, 11) is 0. The van der Waals surface area contributed by atoms with Crippen molar-refractivity contribution in [3.8, 4) is 0 Å². The molecule has 5 heteroatoms. The van der Waals surface area contributed by atoms with Crippen LogP contribution in [0, 0.1) is 11.8 Å². The Kier molecular flexibility index (Phi) is 5.47. The quantitative estimate of drug-likeness (QED) is 0.906. The summed E-state index contributed by atoms with van der Waals surface area (Å²) in [6.07, 6.45) is 13.5. The van der Waals surface area contributed by atoms with E-state index in [0.717, 1.165) is 56.8 Å². The Hall–Kier alpha value is -1.65. The van der Waals surface area contributed by atoms with Crippen molar-refractivity contribution in [2.75, 3.05) is 18.8 Å². The molecule has 2 heterocycles. The van der Waals surface area contributed by atoms with Crippen LogP contribution in [0.15, 0.2) is 12.4 Å². The van der Waals surface area contributed by atoms with E-state index >= 15 is 0 Å². The van der Waals surface area contributed by atoms with Gasteiger partial charge in [0.25, 0.3) is 0 Å². The van der Waals surface area contributed by atoms with Crippen LogP contribution in [-0.4, -0.2) is 33.9 Å². The van der Waals surface area contributed by atoms with Gasteiger partial charge in [-0.15, -0.1) is 0 Å². The van der Waals surface area contributed by atoms with Crippen molar-refractivity contribution in [3.05, 3.63) is 18.1 Å². The molecule has 0 unspecified atom stereocenters. The summed E-state index contributed by atoms with van der Waals surface area (Å²) >= 11 is 0. The maximum absolute atomic E-state index is 12.5. The molecule has 0 radical (unpaired) electrons. The van der Waals surface area contributed by atoms with Gasteiger partial charge in [-0.2, -0.15) is 0 Å². The summed E-state index contributed by atoms with van der Waals surface area (Å²) in [5.41, 5.74) is 6.77. The van der Waals surface area contributed by atoms with E-state index in [4.69, 9.17) is 5.73 Å². The molecule has 2 fully saturated rings. The van der Waals surface area contributed by atoms with Crippen LogP contribution in [0.3, 0.4) is 0 Å². The van der Waals surface area contributed by atoms with Gasteiger partial charge in [-0.1, -0.05) is 25.7 Å². The van der Waals surface area contributed by atoms with Gasteiger partial charge >= 0.3 is 0 Å². The zero-order valence-electron chi connectivity index (χ0n) is 13.9. The van der Waals surface area contributed by atoms with Gasteiger partial charge < -0.3 is 10.6 Å². The van der Waals surface area contributed by atoms with Gasteiger partial charge in [-0.05, 0) is 37.5 Å². The minimum absolute atomic E-state index is 0.341. The SMILES string of the molecule is Nc1nccnc1C[C@H]1CCCN(C(=O)CCC2CCCC2)C1. The Bertz CT molecular complexity index is 528. The number of likely N-dealkylation sites (tertiary alicyclic amines) is 1. The molecule has 2 N–H and O–H groups in total. The average molecular weight is 316 g/mol. The van der Waals surface area contributed by atoms with Gasteiger partial charge in [0.15, 0.2) is 0 Å². The van der Waals surface area contributed by atoms with E-state index < -0.39 is 0 Å². The lowest BCUT2D eigenvalue weighted by Gasteiger charge is -2.33. The predicted molar refractivity (Wildman–Crippen MR) is 90.6 cm³/mol. The van der Waals surface area contributed by atoms with Gasteiger partial charge in [-0.3, -0.25) is 9.78 Å². The largest absolute Gasteiger partial charge is 0.382 e. The van der Waals surface area contributed by atoms with Crippen LogP contribution >= 0.6 is 0 Å².